The number of hydrogen-bond acceptors (Lipinski definition) is 4. The molecule has 0 aromatic carbocycles. The summed E-state index contributed by atoms with van der Waals surface area (Å²) >= 11 is 7.47. The average Bonchev–Trinajstić information content (AvgIpc) is 1.65. The van der Waals surface area contributed by atoms with Crippen LogP contribution < -0.4 is 0 Å². The Bertz CT molecular complexity index is 48.8. The van der Waals surface area contributed by atoms with Gasteiger partial charge in [0.05, 0.1) is 0 Å². The molecule has 0 radical (unpaired) electrons. The fraction of sp³-hybridized carbons (Fsp3) is 0. The normalized spacial score (nSPS) is 7.00. The summed E-state index contributed by atoms with van der Waals surface area (Å²) in [5.74, 6) is 0. The van der Waals surface area contributed by atoms with Gasteiger partial charge in [-0.15, -0.1) is 0 Å². The molecule has 0 unspecified atom stereocenters. The fourth-order valence-electron chi connectivity index (χ4n) is 0.0141. The lowest BCUT2D eigenvalue weighted by molar-refractivity contribution is 0.166. The van der Waals surface area contributed by atoms with Crippen molar-refractivity contribution < 1.29 is 13.3 Å². The van der Waals surface area contributed by atoms with Crippen LogP contribution in [-0.2, 0) is 8.47 Å². The Balaban J connectivity index is 2.99. The SMILES string of the molecule is O=C(OS)OCl. The van der Waals surface area contributed by atoms with Crippen LogP contribution in [0.1, 0.15) is 0 Å². The van der Waals surface area contributed by atoms with Crippen LogP contribution in [0.25, 0.3) is 0 Å². The molecule has 0 aliphatic rings. The van der Waals surface area contributed by atoms with Gasteiger partial charge >= 0.3 is 6.16 Å². The van der Waals surface area contributed by atoms with Crippen LogP contribution in [0.15, 0.2) is 0 Å². The standard InChI is InChI=1S/CHClO3S/c2-4-1(3)5-6/h6H. The maximum absolute atomic E-state index is 9.53. The number of halogens is 1. The molecule has 0 saturated heterocycles. The van der Waals surface area contributed by atoms with Gasteiger partial charge < -0.3 is 8.47 Å². The summed E-state index contributed by atoms with van der Waals surface area (Å²) in [7, 11) is 0. The third-order valence-electron chi connectivity index (χ3n) is 0.138. The van der Waals surface area contributed by atoms with E-state index in [9.17, 15) is 4.79 Å². The largest absolute Gasteiger partial charge is 0.539 e. The Morgan fingerprint density at radius 2 is 2.33 bits per heavy atom. The van der Waals surface area contributed by atoms with Gasteiger partial charge in [-0.1, -0.05) is 0 Å². The predicted molar refractivity (Wildman–Crippen MR) is 22.4 cm³/mol. The van der Waals surface area contributed by atoms with Crippen molar-refractivity contribution in [2.45, 2.75) is 0 Å². The number of hydrogen-bond donors (Lipinski definition) is 1. The molecule has 0 heterocycles. The molecule has 0 aliphatic heterocycles. The van der Waals surface area contributed by atoms with Gasteiger partial charge in [-0.3, -0.25) is 0 Å². The summed E-state index contributed by atoms with van der Waals surface area (Å²) in [6.07, 6.45) is -1.03. The van der Waals surface area contributed by atoms with E-state index in [0.717, 1.165) is 0 Å². The molecular weight excluding hydrogens is 128 g/mol. The molecule has 0 rings (SSSR count). The second-order valence-electron chi connectivity index (χ2n) is 0.418. The maximum Gasteiger partial charge on any atom is 0.539 e. The van der Waals surface area contributed by atoms with Gasteiger partial charge in [-0.25, -0.2) is 4.79 Å². The van der Waals surface area contributed by atoms with Gasteiger partial charge in [0.2, 0.25) is 0 Å². The Kier molecular flexibility index (Phi) is 3.07. The fourth-order valence-corrected chi connectivity index (χ4v) is 0.127. The predicted octanol–water partition coefficient (Wildman–Crippen LogP) is 1.14. The minimum Gasteiger partial charge on any atom is -0.362 e. The van der Waals surface area contributed by atoms with Gasteiger partial charge in [0, 0.05) is 12.9 Å². The van der Waals surface area contributed by atoms with E-state index in [1.54, 1.807) is 0 Å². The molecule has 0 saturated carbocycles. The van der Waals surface area contributed by atoms with Gasteiger partial charge in [-0.05, 0) is 0 Å². The van der Waals surface area contributed by atoms with Crippen LogP contribution >= 0.6 is 24.8 Å². The number of thiol groups is 1. The summed E-state index contributed by atoms with van der Waals surface area (Å²) in [6.45, 7) is 0. The molecule has 0 aromatic heterocycles. The van der Waals surface area contributed by atoms with Crippen molar-refractivity contribution in [3.63, 3.8) is 0 Å². The second kappa shape index (κ2) is 3.11. The van der Waals surface area contributed by atoms with Crippen LogP contribution in [-0.4, -0.2) is 6.16 Å². The zero-order chi connectivity index (χ0) is 4.99. The van der Waals surface area contributed by atoms with E-state index in [4.69, 9.17) is 0 Å². The second-order valence-corrected chi connectivity index (χ2v) is 0.755. The number of rotatable bonds is 0. The molecule has 0 aliphatic carbocycles. The molecule has 0 aromatic rings. The van der Waals surface area contributed by atoms with E-state index in [0.29, 0.717) is 0 Å². The monoisotopic (exact) mass is 128 g/mol. The molecule has 0 bridgehead atoms. The third-order valence-corrected chi connectivity index (χ3v) is 0.413. The Morgan fingerprint density at radius 3 is 2.33 bits per heavy atom. The van der Waals surface area contributed by atoms with E-state index in [1.807, 2.05) is 0 Å². The molecule has 0 spiro atoms. The summed E-state index contributed by atoms with van der Waals surface area (Å²) in [4.78, 5) is 9.53. The van der Waals surface area contributed by atoms with Crippen molar-refractivity contribution in [1.82, 2.24) is 0 Å². The van der Waals surface area contributed by atoms with Gasteiger partial charge in [0.25, 0.3) is 0 Å². The van der Waals surface area contributed by atoms with Crippen molar-refractivity contribution in [1.29, 1.82) is 0 Å². The van der Waals surface area contributed by atoms with Crippen molar-refractivity contribution in [2.24, 2.45) is 0 Å². The molecule has 0 atom stereocenters. The van der Waals surface area contributed by atoms with Crippen LogP contribution in [0.2, 0.25) is 0 Å². The number of carbonyl (C=O) groups is 1. The van der Waals surface area contributed by atoms with Crippen LogP contribution in [0.4, 0.5) is 4.79 Å². The summed E-state index contributed by atoms with van der Waals surface area (Å²) in [6, 6.07) is 0. The first-order chi connectivity index (χ1) is 2.81. The highest BCUT2D eigenvalue weighted by molar-refractivity contribution is 7.75. The van der Waals surface area contributed by atoms with Gasteiger partial charge in [0.15, 0.2) is 0 Å². The highest BCUT2D eigenvalue weighted by atomic mass is 35.5. The zero-order valence-electron chi connectivity index (χ0n) is 2.55. The first-order valence-electron chi connectivity index (χ1n) is 0.949. The van der Waals surface area contributed by atoms with E-state index in [1.165, 1.54) is 0 Å². The summed E-state index contributed by atoms with van der Waals surface area (Å²) in [5.41, 5.74) is 0. The molecule has 6 heavy (non-hydrogen) atoms. The molecule has 36 valence electrons. The molecular formula is CHClO3S. The van der Waals surface area contributed by atoms with Gasteiger partial charge in [0.1, 0.15) is 11.9 Å². The average molecular weight is 129 g/mol. The zero-order valence-corrected chi connectivity index (χ0v) is 4.20. The quantitative estimate of drug-likeness (QED) is 0.393. The Labute approximate surface area is 45.0 Å². The summed E-state index contributed by atoms with van der Waals surface area (Å²) < 4.78 is 7.03. The van der Waals surface area contributed by atoms with Crippen molar-refractivity contribution in [2.75, 3.05) is 0 Å². The Hall–Kier alpha value is -0.0900. The minimum absolute atomic E-state index is 1.03. The smallest absolute Gasteiger partial charge is 0.362 e. The highest BCUT2D eigenvalue weighted by Crippen LogP contribution is 1.88. The van der Waals surface area contributed by atoms with Crippen LogP contribution in [0, 0.1) is 0 Å². The van der Waals surface area contributed by atoms with Crippen molar-refractivity contribution in [3.05, 3.63) is 0 Å². The van der Waals surface area contributed by atoms with E-state index in [-0.39, 0.29) is 0 Å². The summed E-state index contributed by atoms with van der Waals surface area (Å²) in [5, 5.41) is 0. The molecule has 0 N–H and O–H groups in total. The molecule has 3 nitrogen and oxygen atoms in total. The molecule has 0 fully saturated rings. The van der Waals surface area contributed by atoms with Crippen molar-refractivity contribution in [3.8, 4) is 0 Å². The first kappa shape index (κ1) is 5.91. The maximum atomic E-state index is 9.53. The highest BCUT2D eigenvalue weighted by Gasteiger charge is 1.93. The first-order valence-corrected chi connectivity index (χ1v) is 1.62. The lowest BCUT2D eigenvalue weighted by atomic mass is 11.5. The van der Waals surface area contributed by atoms with Crippen LogP contribution in [0.3, 0.4) is 0 Å². The minimum atomic E-state index is -1.03. The third kappa shape index (κ3) is 2.17. The molecule has 5 heteroatoms. The van der Waals surface area contributed by atoms with E-state index >= 15 is 0 Å². The van der Waals surface area contributed by atoms with Gasteiger partial charge in [-0.2, -0.15) is 0 Å². The number of carbonyl (C=O) groups excluding carboxylic acids is 1. The van der Waals surface area contributed by atoms with E-state index < -0.39 is 6.16 Å². The Morgan fingerprint density at radius 1 is 1.83 bits per heavy atom. The van der Waals surface area contributed by atoms with E-state index in [2.05, 4.69) is 33.2 Å². The topological polar surface area (TPSA) is 35.5 Å². The van der Waals surface area contributed by atoms with Crippen LogP contribution in [0.5, 0.6) is 0 Å². The van der Waals surface area contributed by atoms with Crippen molar-refractivity contribution >= 4 is 30.9 Å². The lowest BCUT2D eigenvalue weighted by Crippen LogP contribution is -1.89. The lowest BCUT2D eigenvalue weighted by Gasteiger charge is -1.83. The molecule has 0 amide bonds.